The van der Waals surface area contributed by atoms with Gasteiger partial charge in [0, 0.05) is 12.2 Å². The molecule has 0 aliphatic rings. The maximum absolute atomic E-state index is 11.4. The van der Waals surface area contributed by atoms with Crippen LogP contribution in [0.15, 0.2) is 16.7 Å². The molecular formula is C10H13BrClN3O. The van der Waals surface area contributed by atoms with Crippen molar-refractivity contribution >= 4 is 39.3 Å². The highest BCUT2D eigenvalue weighted by atomic mass is 79.9. The first-order chi connectivity index (χ1) is 7.49. The summed E-state index contributed by atoms with van der Waals surface area (Å²) in [5.74, 6) is 0.530. The molecule has 0 saturated carbocycles. The number of pyridine rings is 1. The minimum Gasteiger partial charge on any atom is -0.360 e. The highest BCUT2D eigenvalue weighted by Crippen LogP contribution is 2.22. The zero-order chi connectivity index (χ0) is 12.1. The molecule has 0 saturated heterocycles. The Morgan fingerprint density at radius 3 is 2.88 bits per heavy atom. The normalized spacial score (nSPS) is 10.3. The van der Waals surface area contributed by atoms with Gasteiger partial charge >= 0.3 is 0 Å². The number of aromatic nitrogens is 1. The van der Waals surface area contributed by atoms with Crippen LogP contribution in [0.3, 0.4) is 0 Å². The van der Waals surface area contributed by atoms with Gasteiger partial charge in [-0.15, -0.1) is 0 Å². The second-order valence-corrected chi connectivity index (χ2v) is 4.85. The zero-order valence-electron chi connectivity index (χ0n) is 9.05. The lowest BCUT2D eigenvalue weighted by atomic mass is 10.4. The van der Waals surface area contributed by atoms with Gasteiger partial charge in [-0.3, -0.25) is 4.79 Å². The van der Waals surface area contributed by atoms with E-state index in [1.54, 1.807) is 6.07 Å². The number of carbonyl (C=O) groups excluding carboxylic acids is 1. The van der Waals surface area contributed by atoms with E-state index >= 15 is 0 Å². The molecule has 0 fully saturated rings. The Hall–Kier alpha value is -0.810. The summed E-state index contributed by atoms with van der Waals surface area (Å²) in [6.07, 6.45) is 1.52. The number of carbonyl (C=O) groups is 1. The first-order valence-corrected chi connectivity index (χ1v) is 6.00. The first-order valence-electron chi connectivity index (χ1n) is 4.83. The Kier molecular flexibility index (Phi) is 5.02. The number of hydrogen-bond acceptors (Lipinski definition) is 3. The predicted molar refractivity (Wildman–Crippen MR) is 68.7 cm³/mol. The van der Waals surface area contributed by atoms with Crippen LogP contribution in [0, 0.1) is 0 Å². The minimum absolute atomic E-state index is 0.0707. The van der Waals surface area contributed by atoms with Crippen molar-refractivity contribution < 1.29 is 4.79 Å². The second-order valence-electron chi connectivity index (χ2n) is 3.56. The van der Waals surface area contributed by atoms with Crippen molar-refractivity contribution in [1.82, 2.24) is 10.3 Å². The molecule has 0 aliphatic heterocycles. The second kappa shape index (κ2) is 6.06. The molecule has 6 heteroatoms. The molecule has 0 unspecified atom stereocenters. The Balaban J connectivity index is 2.51. The number of hydrogen-bond donors (Lipinski definition) is 2. The van der Waals surface area contributed by atoms with Gasteiger partial charge in [0.2, 0.25) is 5.91 Å². The summed E-state index contributed by atoms with van der Waals surface area (Å²) in [5, 5.41) is 6.24. The molecule has 1 amide bonds. The van der Waals surface area contributed by atoms with Crippen LogP contribution in [0.5, 0.6) is 0 Å². The molecule has 1 heterocycles. The van der Waals surface area contributed by atoms with Crippen molar-refractivity contribution in [2.24, 2.45) is 0 Å². The fourth-order valence-electron chi connectivity index (χ4n) is 1.08. The molecule has 16 heavy (non-hydrogen) atoms. The monoisotopic (exact) mass is 305 g/mol. The molecule has 1 aromatic rings. The van der Waals surface area contributed by atoms with Gasteiger partial charge in [-0.05, 0) is 35.8 Å². The van der Waals surface area contributed by atoms with Crippen molar-refractivity contribution in [3.05, 3.63) is 21.8 Å². The summed E-state index contributed by atoms with van der Waals surface area (Å²) in [4.78, 5) is 15.4. The van der Waals surface area contributed by atoms with Gasteiger partial charge in [-0.2, -0.15) is 0 Å². The van der Waals surface area contributed by atoms with Crippen molar-refractivity contribution in [1.29, 1.82) is 0 Å². The molecule has 2 N–H and O–H groups in total. The summed E-state index contributed by atoms with van der Waals surface area (Å²) in [6.45, 7) is 4.01. The van der Waals surface area contributed by atoms with E-state index in [4.69, 9.17) is 11.6 Å². The Bertz CT molecular complexity index is 384. The number of halogens is 2. The summed E-state index contributed by atoms with van der Waals surface area (Å²) >= 11 is 9.06. The van der Waals surface area contributed by atoms with Crippen molar-refractivity contribution in [3.8, 4) is 0 Å². The number of nitrogens with one attached hydrogen (secondary N) is 2. The summed E-state index contributed by atoms with van der Waals surface area (Å²) in [5.41, 5.74) is 0. The molecule has 4 nitrogen and oxygen atoms in total. The van der Waals surface area contributed by atoms with Gasteiger partial charge in [-0.1, -0.05) is 11.6 Å². The highest BCUT2D eigenvalue weighted by molar-refractivity contribution is 9.10. The fraction of sp³-hybridized carbons (Fsp3) is 0.400. The molecule has 88 valence electrons. The third-order valence-corrected chi connectivity index (χ3v) is 2.49. The van der Waals surface area contributed by atoms with Crippen LogP contribution in [-0.4, -0.2) is 23.5 Å². The van der Waals surface area contributed by atoms with Crippen molar-refractivity contribution in [3.63, 3.8) is 0 Å². The van der Waals surface area contributed by atoms with Gasteiger partial charge in [-0.25, -0.2) is 4.98 Å². The van der Waals surface area contributed by atoms with Crippen LogP contribution < -0.4 is 10.6 Å². The largest absolute Gasteiger partial charge is 0.360 e. The maximum atomic E-state index is 11.4. The standard InChI is InChI=1S/C10H13BrClN3O/c1-6(2)15-9(16)5-14-10-8(11)3-7(12)4-13-10/h3-4,6H,5H2,1-2H3,(H,13,14)(H,15,16). The fourth-order valence-corrected chi connectivity index (χ4v) is 1.86. The van der Waals surface area contributed by atoms with Crippen LogP contribution in [0.4, 0.5) is 5.82 Å². The zero-order valence-corrected chi connectivity index (χ0v) is 11.4. The maximum Gasteiger partial charge on any atom is 0.239 e. The predicted octanol–water partition coefficient (Wildman–Crippen LogP) is 2.43. The lowest BCUT2D eigenvalue weighted by molar-refractivity contribution is -0.119. The van der Waals surface area contributed by atoms with Gasteiger partial charge in [0.25, 0.3) is 0 Å². The SMILES string of the molecule is CC(C)NC(=O)CNc1ncc(Cl)cc1Br. The highest BCUT2D eigenvalue weighted by Gasteiger charge is 2.06. The first kappa shape index (κ1) is 13.3. The minimum atomic E-state index is -0.0707. The van der Waals surface area contributed by atoms with E-state index in [2.05, 4.69) is 31.5 Å². The third kappa shape index (κ3) is 4.37. The molecule has 0 aromatic carbocycles. The summed E-state index contributed by atoms with van der Waals surface area (Å²) in [6, 6.07) is 1.85. The lowest BCUT2D eigenvalue weighted by Gasteiger charge is -2.10. The number of amides is 1. The average molecular weight is 307 g/mol. The van der Waals surface area contributed by atoms with E-state index in [0.29, 0.717) is 10.8 Å². The summed E-state index contributed by atoms with van der Waals surface area (Å²) in [7, 11) is 0. The average Bonchev–Trinajstić information content (AvgIpc) is 2.15. The van der Waals surface area contributed by atoms with E-state index in [-0.39, 0.29) is 18.5 Å². The van der Waals surface area contributed by atoms with E-state index < -0.39 is 0 Å². The molecule has 0 radical (unpaired) electrons. The van der Waals surface area contributed by atoms with E-state index in [1.165, 1.54) is 6.20 Å². The topological polar surface area (TPSA) is 54.0 Å². The third-order valence-electron chi connectivity index (χ3n) is 1.67. The van der Waals surface area contributed by atoms with Gasteiger partial charge < -0.3 is 10.6 Å². The van der Waals surface area contributed by atoms with Crippen LogP contribution in [0.25, 0.3) is 0 Å². The number of rotatable bonds is 4. The Labute approximate surface area is 108 Å². The van der Waals surface area contributed by atoms with Crippen LogP contribution in [0.2, 0.25) is 5.02 Å². The van der Waals surface area contributed by atoms with Crippen molar-refractivity contribution in [2.45, 2.75) is 19.9 Å². The molecule has 0 spiro atoms. The van der Waals surface area contributed by atoms with E-state index in [0.717, 1.165) is 4.47 Å². The van der Waals surface area contributed by atoms with Gasteiger partial charge in [0.1, 0.15) is 5.82 Å². The Morgan fingerprint density at radius 1 is 1.62 bits per heavy atom. The summed E-state index contributed by atoms with van der Waals surface area (Å²) < 4.78 is 0.734. The molecule has 0 bridgehead atoms. The molecule has 0 atom stereocenters. The lowest BCUT2D eigenvalue weighted by Crippen LogP contribution is -2.35. The molecule has 1 aromatic heterocycles. The van der Waals surface area contributed by atoms with Crippen LogP contribution in [0.1, 0.15) is 13.8 Å². The van der Waals surface area contributed by atoms with E-state index in [9.17, 15) is 4.79 Å². The van der Waals surface area contributed by atoms with Crippen molar-refractivity contribution in [2.75, 3.05) is 11.9 Å². The van der Waals surface area contributed by atoms with Crippen LogP contribution in [-0.2, 0) is 4.79 Å². The molecular weight excluding hydrogens is 293 g/mol. The Morgan fingerprint density at radius 2 is 2.31 bits per heavy atom. The molecule has 1 rings (SSSR count). The van der Waals surface area contributed by atoms with Gasteiger partial charge in [0.05, 0.1) is 16.0 Å². The smallest absolute Gasteiger partial charge is 0.239 e. The quantitative estimate of drug-likeness (QED) is 0.898. The van der Waals surface area contributed by atoms with Gasteiger partial charge in [0.15, 0.2) is 0 Å². The van der Waals surface area contributed by atoms with Crippen LogP contribution >= 0.6 is 27.5 Å². The molecule has 0 aliphatic carbocycles. The van der Waals surface area contributed by atoms with E-state index in [1.807, 2.05) is 13.8 Å². The number of anilines is 1. The number of nitrogens with zero attached hydrogens (tertiary/aromatic N) is 1.